The molecule has 1 fully saturated rings. The summed E-state index contributed by atoms with van der Waals surface area (Å²) in [5, 5.41) is 4.63. The Hall–Kier alpha value is 0.250. The zero-order valence-electron chi connectivity index (χ0n) is 7.62. The number of nitrogens with zero attached hydrogens (tertiary/aromatic N) is 2. The molecule has 2 aliphatic heterocycles. The van der Waals surface area contributed by atoms with Crippen LogP contribution in [0.1, 0.15) is 6.92 Å². The second kappa shape index (κ2) is 3.78. The second-order valence-corrected chi connectivity index (χ2v) is 5.38. The molecule has 0 aliphatic carbocycles. The summed E-state index contributed by atoms with van der Waals surface area (Å²) in [4.78, 5) is 6.85. The van der Waals surface area contributed by atoms with Crippen molar-refractivity contribution in [1.29, 1.82) is 0 Å². The van der Waals surface area contributed by atoms with E-state index in [1.165, 1.54) is 5.04 Å². The molecule has 0 aromatic rings. The zero-order chi connectivity index (χ0) is 9.42. The molecule has 2 heterocycles. The molecule has 72 valence electrons. The van der Waals surface area contributed by atoms with Gasteiger partial charge in [-0.1, -0.05) is 22.6 Å². The third-order valence-corrected chi connectivity index (χ3v) is 3.98. The van der Waals surface area contributed by atoms with Crippen LogP contribution in [0.3, 0.4) is 0 Å². The van der Waals surface area contributed by atoms with Gasteiger partial charge in [-0.25, -0.2) is 4.99 Å². The Kier molecular flexibility index (Phi) is 2.85. The number of halogens is 1. The largest absolute Gasteiger partial charge is 0.341 e. The van der Waals surface area contributed by atoms with E-state index >= 15 is 0 Å². The molecular formula is C8H12IN3S. The minimum Gasteiger partial charge on any atom is -0.341 e. The number of allylic oxidation sites excluding steroid dienone is 1. The maximum absolute atomic E-state index is 4.51. The Morgan fingerprint density at radius 2 is 2.54 bits per heavy atom. The van der Waals surface area contributed by atoms with Gasteiger partial charge in [0.1, 0.15) is 11.2 Å². The second-order valence-electron chi connectivity index (χ2n) is 3.12. The lowest BCUT2D eigenvalue weighted by molar-refractivity contribution is 0.389. The molecule has 13 heavy (non-hydrogen) atoms. The van der Waals surface area contributed by atoms with Crippen LogP contribution < -0.4 is 5.32 Å². The van der Waals surface area contributed by atoms with Crippen molar-refractivity contribution in [3.8, 4) is 0 Å². The van der Waals surface area contributed by atoms with Crippen LogP contribution >= 0.6 is 34.4 Å². The van der Waals surface area contributed by atoms with Crippen LogP contribution in [-0.4, -0.2) is 33.0 Å². The minimum atomic E-state index is 0.320. The highest BCUT2D eigenvalue weighted by atomic mass is 127. The lowest BCUT2D eigenvalue weighted by Crippen LogP contribution is -2.41. The number of aliphatic imine (C=N–C) groups is 1. The standard InChI is InChI=1S/C8H12IN3S/c1-5-4-12-6(9)3-10-7(12)8(11-5)13-2/h4,6-7,10H,3H2,1-2H3. The fraction of sp³-hybridized carbons (Fsp3) is 0.625. The third kappa shape index (κ3) is 1.73. The summed E-state index contributed by atoms with van der Waals surface area (Å²) >= 11 is 4.19. The molecule has 0 bridgehead atoms. The third-order valence-electron chi connectivity index (χ3n) is 2.17. The average molecular weight is 309 g/mol. The van der Waals surface area contributed by atoms with E-state index < -0.39 is 0 Å². The number of hydrogen-bond donors (Lipinski definition) is 1. The molecule has 5 heteroatoms. The SMILES string of the molecule is CSC1=NC(C)=CN2C(I)CNC12. The molecule has 0 saturated carbocycles. The predicted molar refractivity (Wildman–Crippen MR) is 66.1 cm³/mol. The summed E-state index contributed by atoms with van der Waals surface area (Å²) in [7, 11) is 0. The quantitative estimate of drug-likeness (QED) is 0.419. The van der Waals surface area contributed by atoms with E-state index in [0.29, 0.717) is 10.2 Å². The highest BCUT2D eigenvalue weighted by Gasteiger charge is 2.34. The molecule has 0 amide bonds. The van der Waals surface area contributed by atoms with Gasteiger partial charge in [0.15, 0.2) is 0 Å². The molecule has 0 aromatic heterocycles. The molecular weight excluding hydrogens is 297 g/mol. The van der Waals surface area contributed by atoms with Gasteiger partial charge in [-0.2, -0.15) is 0 Å². The lowest BCUT2D eigenvalue weighted by atomic mass is 10.4. The summed E-state index contributed by atoms with van der Waals surface area (Å²) in [5.41, 5.74) is 1.10. The van der Waals surface area contributed by atoms with E-state index in [-0.39, 0.29) is 0 Å². The fourth-order valence-corrected chi connectivity index (χ4v) is 2.99. The first-order valence-corrected chi connectivity index (χ1v) is 6.65. The van der Waals surface area contributed by atoms with Gasteiger partial charge < -0.3 is 4.90 Å². The molecule has 2 rings (SSSR count). The predicted octanol–water partition coefficient (Wildman–Crippen LogP) is 1.62. The van der Waals surface area contributed by atoms with Gasteiger partial charge >= 0.3 is 0 Å². The van der Waals surface area contributed by atoms with Gasteiger partial charge in [0.25, 0.3) is 0 Å². The van der Waals surface area contributed by atoms with Crippen molar-refractivity contribution in [1.82, 2.24) is 10.2 Å². The molecule has 1 saturated heterocycles. The van der Waals surface area contributed by atoms with Crippen molar-refractivity contribution < 1.29 is 0 Å². The van der Waals surface area contributed by atoms with Gasteiger partial charge in [0.2, 0.25) is 0 Å². The first kappa shape index (κ1) is 9.79. The number of thioether (sulfide) groups is 1. The fourth-order valence-electron chi connectivity index (χ4n) is 1.59. The molecule has 1 N–H and O–H groups in total. The van der Waals surface area contributed by atoms with Gasteiger partial charge in [-0.05, 0) is 13.2 Å². The van der Waals surface area contributed by atoms with Crippen LogP contribution in [0, 0.1) is 0 Å². The lowest BCUT2D eigenvalue weighted by Gasteiger charge is -2.29. The Bertz CT molecular complexity index is 277. The van der Waals surface area contributed by atoms with Crippen molar-refractivity contribution in [3.63, 3.8) is 0 Å². The van der Waals surface area contributed by atoms with E-state index in [9.17, 15) is 0 Å². The number of nitrogens with one attached hydrogen (secondary N) is 1. The molecule has 3 nitrogen and oxygen atoms in total. The van der Waals surface area contributed by atoms with Crippen molar-refractivity contribution in [3.05, 3.63) is 11.9 Å². The smallest absolute Gasteiger partial charge is 0.130 e. The Labute approximate surface area is 96.2 Å². The summed E-state index contributed by atoms with van der Waals surface area (Å²) in [6, 6.07) is 0. The topological polar surface area (TPSA) is 27.6 Å². The summed E-state index contributed by atoms with van der Waals surface area (Å²) in [5.74, 6) is 0. The van der Waals surface area contributed by atoms with Crippen LogP contribution in [-0.2, 0) is 0 Å². The highest BCUT2D eigenvalue weighted by molar-refractivity contribution is 14.1. The normalized spacial score (nSPS) is 32.7. The molecule has 0 aromatic carbocycles. The number of hydrogen-bond acceptors (Lipinski definition) is 4. The average Bonchev–Trinajstić information content (AvgIpc) is 2.47. The number of alkyl halides is 1. The Morgan fingerprint density at radius 1 is 1.77 bits per heavy atom. The van der Waals surface area contributed by atoms with Crippen molar-refractivity contribution in [2.24, 2.45) is 4.99 Å². The maximum atomic E-state index is 4.51. The van der Waals surface area contributed by atoms with Crippen LogP contribution in [0.4, 0.5) is 0 Å². The maximum Gasteiger partial charge on any atom is 0.130 e. The molecule has 2 atom stereocenters. The number of rotatable bonds is 0. The molecule has 2 aliphatic rings. The van der Waals surface area contributed by atoms with Crippen LogP contribution in [0.2, 0.25) is 0 Å². The van der Waals surface area contributed by atoms with E-state index in [4.69, 9.17) is 0 Å². The molecule has 0 radical (unpaired) electrons. The van der Waals surface area contributed by atoms with Crippen LogP contribution in [0.5, 0.6) is 0 Å². The van der Waals surface area contributed by atoms with Crippen LogP contribution in [0.25, 0.3) is 0 Å². The Morgan fingerprint density at radius 3 is 3.23 bits per heavy atom. The first-order chi connectivity index (χ1) is 6.22. The van der Waals surface area contributed by atoms with Gasteiger partial charge in [0, 0.05) is 12.7 Å². The van der Waals surface area contributed by atoms with Gasteiger partial charge in [0.05, 0.1) is 9.75 Å². The summed E-state index contributed by atoms with van der Waals surface area (Å²) in [6.45, 7) is 3.09. The van der Waals surface area contributed by atoms with E-state index in [1.54, 1.807) is 11.8 Å². The van der Waals surface area contributed by atoms with Crippen molar-refractivity contribution >= 4 is 39.4 Å². The molecule has 0 spiro atoms. The monoisotopic (exact) mass is 309 g/mol. The molecule has 2 unspecified atom stereocenters. The van der Waals surface area contributed by atoms with Gasteiger partial charge in [-0.15, -0.1) is 11.8 Å². The zero-order valence-corrected chi connectivity index (χ0v) is 10.6. The van der Waals surface area contributed by atoms with Crippen LogP contribution in [0.15, 0.2) is 16.9 Å². The number of fused-ring (bicyclic) bond motifs is 1. The minimum absolute atomic E-state index is 0.320. The Balaban J connectivity index is 2.28. The van der Waals surface area contributed by atoms with Gasteiger partial charge in [-0.3, -0.25) is 5.32 Å². The van der Waals surface area contributed by atoms with Crippen molar-refractivity contribution in [2.45, 2.75) is 17.1 Å². The van der Waals surface area contributed by atoms with E-state index in [1.807, 2.05) is 6.92 Å². The van der Waals surface area contributed by atoms with E-state index in [0.717, 1.165) is 12.2 Å². The van der Waals surface area contributed by atoms with Crippen molar-refractivity contribution in [2.75, 3.05) is 12.8 Å². The van der Waals surface area contributed by atoms with E-state index in [2.05, 4.69) is 50.3 Å². The summed E-state index contributed by atoms with van der Waals surface area (Å²) < 4.78 is 0.551. The summed E-state index contributed by atoms with van der Waals surface area (Å²) in [6.07, 6.45) is 4.54. The first-order valence-electron chi connectivity index (χ1n) is 4.18. The highest BCUT2D eigenvalue weighted by Crippen LogP contribution is 2.26.